The lowest BCUT2D eigenvalue weighted by molar-refractivity contribution is 0.271. The number of hydrogen-bond donors (Lipinski definition) is 0. The molecule has 0 aliphatic heterocycles. The molecule has 1 nitrogen and oxygen atoms in total. The fraction of sp³-hybridized carbons (Fsp3) is 0.571. The molecule has 2 heteroatoms. The molecule has 0 spiro atoms. The van der Waals surface area contributed by atoms with Crippen LogP contribution in [-0.2, 0) is 6.42 Å². The zero-order valence-electron chi connectivity index (χ0n) is 10.3. The van der Waals surface area contributed by atoms with Crippen molar-refractivity contribution in [3.63, 3.8) is 0 Å². The minimum absolute atomic E-state index is 0.485. The Balaban J connectivity index is 2.13. The highest BCUT2D eigenvalue weighted by Gasteiger charge is 2.06. The molecule has 0 aliphatic rings. The molecule has 0 heterocycles. The molecule has 90 valence electrons. The van der Waals surface area contributed by atoms with Crippen LogP contribution in [0, 0.1) is 0 Å². The van der Waals surface area contributed by atoms with Crippen LogP contribution >= 0.6 is 11.6 Å². The largest absolute Gasteiger partial charge is 0.303 e. The van der Waals surface area contributed by atoms with E-state index in [-0.39, 0.29) is 0 Å². The summed E-state index contributed by atoms with van der Waals surface area (Å²) >= 11 is 5.81. The van der Waals surface area contributed by atoms with Crippen molar-refractivity contribution in [3.05, 3.63) is 35.9 Å². The zero-order chi connectivity index (χ0) is 11.8. The number of hydrogen-bond acceptors (Lipinski definition) is 1. The average molecular weight is 240 g/mol. The molecule has 1 aromatic carbocycles. The summed E-state index contributed by atoms with van der Waals surface area (Å²) in [6, 6.07) is 11.2. The smallest absolute Gasteiger partial charge is 0.0376 e. The van der Waals surface area contributed by atoms with Gasteiger partial charge in [-0.05, 0) is 45.3 Å². The van der Waals surface area contributed by atoms with E-state index in [0.29, 0.717) is 6.04 Å². The Morgan fingerprint density at radius 3 is 2.50 bits per heavy atom. The SMILES string of the molecule is CC(CCl)N(C)CCCCc1ccccc1. The number of halogens is 1. The van der Waals surface area contributed by atoms with Crippen LogP contribution in [0.25, 0.3) is 0 Å². The maximum atomic E-state index is 5.81. The molecule has 0 fully saturated rings. The van der Waals surface area contributed by atoms with Crippen molar-refractivity contribution in [3.8, 4) is 0 Å². The topological polar surface area (TPSA) is 3.24 Å². The molecule has 16 heavy (non-hydrogen) atoms. The summed E-state index contributed by atoms with van der Waals surface area (Å²) in [6.45, 7) is 3.31. The maximum absolute atomic E-state index is 5.81. The standard InChI is InChI=1S/C14H22ClN/c1-13(12-15)16(2)11-7-6-10-14-8-4-3-5-9-14/h3-5,8-9,13H,6-7,10-12H2,1-2H3. The van der Waals surface area contributed by atoms with Gasteiger partial charge in [-0.3, -0.25) is 0 Å². The van der Waals surface area contributed by atoms with Crippen LogP contribution in [-0.4, -0.2) is 30.4 Å². The molecule has 0 saturated carbocycles. The van der Waals surface area contributed by atoms with Crippen LogP contribution in [0.15, 0.2) is 30.3 Å². The summed E-state index contributed by atoms with van der Waals surface area (Å²) in [6.07, 6.45) is 3.68. The first-order valence-electron chi connectivity index (χ1n) is 6.04. The molecule has 0 amide bonds. The predicted octanol–water partition coefficient (Wildman–Crippen LogP) is 3.57. The minimum Gasteiger partial charge on any atom is -0.303 e. The highest BCUT2D eigenvalue weighted by molar-refractivity contribution is 6.18. The molecule has 1 aromatic rings. The minimum atomic E-state index is 0.485. The number of aryl methyl sites for hydroxylation is 1. The Hall–Kier alpha value is -0.530. The average Bonchev–Trinajstić information content (AvgIpc) is 2.34. The van der Waals surface area contributed by atoms with E-state index < -0.39 is 0 Å². The van der Waals surface area contributed by atoms with Gasteiger partial charge >= 0.3 is 0 Å². The second kappa shape index (κ2) is 7.70. The Morgan fingerprint density at radius 1 is 1.19 bits per heavy atom. The summed E-state index contributed by atoms with van der Waals surface area (Å²) < 4.78 is 0. The fourth-order valence-corrected chi connectivity index (χ4v) is 1.91. The number of unbranched alkanes of at least 4 members (excludes halogenated alkanes) is 1. The van der Waals surface area contributed by atoms with E-state index in [1.807, 2.05) is 0 Å². The molecular formula is C14H22ClN. The van der Waals surface area contributed by atoms with E-state index in [9.17, 15) is 0 Å². The molecule has 0 aromatic heterocycles. The number of alkyl halides is 1. The second-order valence-electron chi connectivity index (χ2n) is 4.43. The zero-order valence-corrected chi connectivity index (χ0v) is 11.1. The van der Waals surface area contributed by atoms with Gasteiger partial charge in [-0.2, -0.15) is 0 Å². The quantitative estimate of drug-likeness (QED) is 0.520. The van der Waals surface area contributed by atoms with Gasteiger partial charge in [0.15, 0.2) is 0 Å². The normalized spacial score (nSPS) is 13.0. The van der Waals surface area contributed by atoms with Gasteiger partial charge in [0.05, 0.1) is 0 Å². The van der Waals surface area contributed by atoms with Crippen molar-refractivity contribution in [1.29, 1.82) is 0 Å². The summed E-state index contributed by atoms with van der Waals surface area (Å²) in [4.78, 5) is 2.33. The molecular weight excluding hydrogens is 218 g/mol. The fourth-order valence-electron chi connectivity index (χ4n) is 1.67. The summed E-state index contributed by atoms with van der Waals surface area (Å²) in [5.74, 6) is 0.717. The van der Waals surface area contributed by atoms with Crippen LogP contribution in [0.4, 0.5) is 0 Å². The molecule has 0 radical (unpaired) electrons. The van der Waals surface area contributed by atoms with Gasteiger partial charge in [0.25, 0.3) is 0 Å². The summed E-state index contributed by atoms with van der Waals surface area (Å²) in [5.41, 5.74) is 1.44. The number of benzene rings is 1. The van der Waals surface area contributed by atoms with Crippen molar-refractivity contribution >= 4 is 11.6 Å². The van der Waals surface area contributed by atoms with E-state index in [1.54, 1.807) is 0 Å². The number of rotatable bonds is 7. The lowest BCUT2D eigenvalue weighted by Gasteiger charge is -2.22. The molecule has 0 N–H and O–H groups in total. The van der Waals surface area contributed by atoms with E-state index in [4.69, 9.17) is 11.6 Å². The van der Waals surface area contributed by atoms with Crippen LogP contribution in [0.1, 0.15) is 25.3 Å². The second-order valence-corrected chi connectivity index (χ2v) is 4.74. The third-order valence-corrected chi connectivity index (χ3v) is 3.49. The highest BCUT2D eigenvalue weighted by Crippen LogP contribution is 2.06. The van der Waals surface area contributed by atoms with Crippen LogP contribution < -0.4 is 0 Å². The van der Waals surface area contributed by atoms with Crippen LogP contribution in [0.3, 0.4) is 0 Å². The molecule has 1 atom stereocenters. The Labute approximate surface area is 104 Å². The Kier molecular flexibility index (Phi) is 6.51. The first-order chi connectivity index (χ1) is 7.74. The first-order valence-corrected chi connectivity index (χ1v) is 6.57. The van der Waals surface area contributed by atoms with Crippen LogP contribution in [0.2, 0.25) is 0 Å². The van der Waals surface area contributed by atoms with Crippen molar-refractivity contribution in [2.24, 2.45) is 0 Å². The van der Waals surface area contributed by atoms with Gasteiger partial charge < -0.3 is 4.90 Å². The van der Waals surface area contributed by atoms with E-state index >= 15 is 0 Å². The lowest BCUT2D eigenvalue weighted by Crippen LogP contribution is -2.31. The monoisotopic (exact) mass is 239 g/mol. The molecule has 0 bridgehead atoms. The first kappa shape index (κ1) is 13.5. The maximum Gasteiger partial charge on any atom is 0.0376 e. The summed E-state index contributed by atoms with van der Waals surface area (Å²) in [5, 5.41) is 0. The third-order valence-electron chi connectivity index (χ3n) is 3.04. The van der Waals surface area contributed by atoms with Crippen molar-refractivity contribution in [2.45, 2.75) is 32.2 Å². The van der Waals surface area contributed by atoms with E-state index in [0.717, 1.165) is 12.4 Å². The lowest BCUT2D eigenvalue weighted by atomic mass is 10.1. The van der Waals surface area contributed by atoms with Gasteiger partial charge in [-0.25, -0.2) is 0 Å². The Bertz CT molecular complexity index is 273. The summed E-state index contributed by atoms with van der Waals surface area (Å²) in [7, 11) is 2.15. The molecule has 0 aliphatic carbocycles. The van der Waals surface area contributed by atoms with Gasteiger partial charge in [0, 0.05) is 11.9 Å². The molecule has 0 saturated heterocycles. The van der Waals surface area contributed by atoms with Gasteiger partial charge in [0.1, 0.15) is 0 Å². The van der Waals surface area contributed by atoms with Crippen molar-refractivity contribution in [2.75, 3.05) is 19.5 Å². The molecule has 1 unspecified atom stereocenters. The van der Waals surface area contributed by atoms with Gasteiger partial charge in [0.2, 0.25) is 0 Å². The van der Waals surface area contributed by atoms with Crippen molar-refractivity contribution in [1.82, 2.24) is 4.90 Å². The van der Waals surface area contributed by atoms with E-state index in [2.05, 4.69) is 49.2 Å². The predicted molar refractivity (Wildman–Crippen MR) is 72.2 cm³/mol. The molecule has 1 rings (SSSR count). The van der Waals surface area contributed by atoms with Gasteiger partial charge in [-0.1, -0.05) is 30.3 Å². The highest BCUT2D eigenvalue weighted by atomic mass is 35.5. The number of nitrogens with zero attached hydrogens (tertiary/aromatic N) is 1. The van der Waals surface area contributed by atoms with E-state index in [1.165, 1.54) is 24.8 Å². The van der Waals surface area contributed by atoms with Crippen LogP contribution in [0.5, 0.6) is 0 Å². The third kappa shape index (κ3) is 5.00. The van der Waals surface area contributed by atoms with Crippen molar-refractivity contribution < 1.29 is 0 Å². The Morgan fingerprint density at radius 2 is 1.88 bits per heavy atom. The van der Waals surface area contributed by atoms with Gasteiger partial charge in [-0.15, -0.1) is 11.6 Å².